The summed E-state index contributed by atoms with van der Waals surface area (Å²) in [5.41, 5.74) is 0. The van der Waals surface area contributed by atoms with E-state index in [1.54, 1.807) is 0 Å². The fourth-order valence-electron chi connectivity index (χ4n) is 8.04. The summed E-state index contributed by atoms with van der Waals surface area (Å²) >= 11 is 0. The highest BCUT2D eigenvalue weighted by molar-refractivity contribution is 7.47. The molecular weight excluding hydrogens is 1000 g/mol. The summed E-state index contributed by atoms with van der Waals surface area (Å²) in [5.74, 6) is -1.53. The number of carbonyl (C=O) groups excluding carboxylic acids is 3. The smallest absolute Gasteiger partial charge is 0.462 e. The Morgan fingerprint density at radius 1 is 0.372 bits per heavy atom. The monoisotopic (exact) mass is 1110 g/mol. The first-order valence-electron chi connectivity index (χ1n) is 30.8. The van der Waals surface area contributed by atoms with Crippen molar-refractivity contribution in [1.29, 1.82) is 0 Å². The Kier molecular flexibility index (Phi) is 56.3. The third-order valence-corrected chi connectivity index (χ3v) is 13.6. The van der Waals surface area contributed by atoms with Gasteiger partial charge in [-0.15, -0.1) is 0 Å². The molecule has 0 fully saturated rings. The van der Waals surface area contributed by atoms with E-state index < -0.39 is 57.8 Å². The van der Waals surface area contributed by atoms with Crippen molar-refractivity contribution in [2.75, 3.05) is 26.4 Å². The molecule has 11 nitrogen and oxygen atoms in total. The lowest BCUT2D eigenvalue weighted by Gasteiger charge is -2.21. The van der Waals surface area contributed by atoms with Crippen molar-refractivity contribution in [3.63, 3.8) is 0 Å². The zero-order chi connectivity index (χ0) is 56.9. The Balaban J connectivity index is 4.81. The van der Waals surface area contributed by atoms with Gasteiger partial charge in [0.1, 0.15) is 12.7 Å². The lowest BCUT2D eigenvalue weighted by Crippen LogP contribution is -2.30. The van der Waals surface area contributed by atoms with Gasteiger partial charge in [-0.25, -0.2) is 4.57 Å². The molecule has 0 aromatic carbocycles. The molecule has 0 heterocycles. The number of phosphoric acid groups is 1. The number of aliphatic hydroxyl groups is 1. The van der Waals surface area contributed by atoms with Crippen LogP contribution in [-0.4, -0.2) is 66.5 Å². The molecule has 0 aromatic rings. The third kappa shape index (κ3) is 56.8. The summed E-state index contributed by atoms with van der Waals surface area (Å²) in [6.07, 6.45) is 71.8. The molecule has 0 saturated heterocycles. The van der Waals surface area contributed by atoms with Gasteiger partial charge in [0.2, 0.25) is 0 Å². The van der Waals surface area contributed by atoms with E-state index in [4.69, 9.17) is 23.3 Å². The molecule has 0 bridgehead atoms. The van der Waals surface area contributed by atoms with Crippen molar-refractivity contribution < 1.29 is 52.2 Å². The number of allylic oxidation sites excluding steroid dienone is 18. The average molecular weight is 1110 g/mol. The molecule has 0 aliphatic rings. The maximum atomic E-state index is 12.9. The Labute approximate surface area is 475 Å². The average Bonchev–Trinajstić information content (AvgIpc) is 3.43. The SMILES string of the molecule is CC/C=C\C/C=C\C/C=C\C/C=C\C/C=C\CCCCCC(=O)OC(COC(=O)CCCCCCCCC/C=C\C/C=C\C/C=C\CC)COP(=O)(O)OCC(CO)OC(=O)CCCCCCC/C=C\CCCCCCCC. The molecule has 0 saturated carbocycles. The minimum atomic E-state index is -4.77. The summed E-state index contributed by atoms with van der Waals surface area (Å²) in [5, 5.41) is 9.84. The number of esters is 3. The Morgan fingerprint density at radius 3 is 1.05 bits per heavy atom. The Bertz CT molecular complexity index is 1720. The molecule has 0 amide bonds. The summed E-state index contributed by atoms with van der Waals surface area (Å²) < 4.78 is 39.6. The number of carbonyl (C=O) groups is 3. The standard InChI is InChI=1S/C66H111O11P/c1-4-7-10-13-16-19-22-25-28-30-31-33-36-39-42-45-48-51-54-57-66(70)77-63(59-73-64(68)55-52-49-46-43-40-37-35-32-29-26-23-20-17-14-11-8-5-2)61-75-78(71,72)74-60-62(58-67)76-65(69)56-53-50-47-44-41-38-34-27-24-21-18-15-12-9-6-3/h7-8,10-11,16-17,19-20,25-29,31,33-34,39,42,62-63,67H,4-6,9,12-15,18,21-24,30,32,35-38,40-41,43-61H2,1-3H3,(H,71,72)/b10-7-,11-8-,19-16-,20-17-,28-25-,29-26-,33-31-,34-27-,42-39-. The predicted octanol–water partition coefficient (Wildman–Crippen LogP) is 18.6. The highest BCUT2D eigenvalue weighted by Crippen LogP contribution is 2.43. The molecule has 0 rings (SSSR count). The van der Waals surface area contributed by atoms with Crippen LogP contribution < -0.4 is 0 Å². The molecule has 0 aliphatic carbocycles. The second-order valence-electron chi connectivity index (χ2n) is 20.1. The van der Waals surface area contributed by atoms with Crippen molar-refractivity contribution in [3.8, 4) is 0 Å². The molecule has 0 spiro atoms. The van der Waals surface area contributed by atoms with Gasteiger partial charge in [0.05, 0.1) is 19.8 Å². The van der Waals surface area contributed by atoms with Crippen LogP contribution in [0.15, 0.2) is 109 Å². The third-order valence-electron chi connectivity index (χ3n) is 12.7. The number of hydrogen-bond donors (Lipinski definition) is 2. The van der Waals surface area contributed by atoms with E-state index in [2.05, 4.69) is 130 Å². The fourth-order valence-corrected chi connectivity index (χ4v) is 8.82. The first kappa shape index (κ1) is 74.1. The van der Waals surface area contributed by atoms with Gasteiger partial charge in [0.15, 0.2) is 6.10 Å². The number of rotatable bonds is 56. The van der Waals surface area contributed by atoms with Gasteiger partial charge in [-0.3, -0.25) is 23.4 Å². The molecule has 3 atom stereocenters. The molecule has 446 valence electrons. The van der Waals surface area contributed by atoms with E-state index in [0.717, 1.165) is 141 Å². The number of hydrogen-bond acceptors (Lipinski definition) is 10. The minimum absolute atomic E-state index is 0.121. The normalized spacial score (nSPS) is 14.1. The Hall–Kier alpha value is -3.86. The number of unbranched alkanes of at least 4 members (excludes halogenated alkanes) is 21. The van der Waals surface area contributed by atoms with E-state index in [1.165, 1.54) is 51.4 Å². The highest BCUT2D eigenvalue weighted by atomic mass is 31.2. The lowest BCUT2D eigenvalue weighted by molar-refractivity contribution is -0.161. The van der Waals surface area contributed by atoms with Crippen LogP contribution in [0.2, 0.25) is 0 Å². The van der Waals surface area contributed by atoms with Crippen LogP contribution in [0.4, 0.5) is 0 Å². The quantitative estimate of drug-likeness (QED) is 0.0197. The van der Waals surface area contributed by atoms with Gasteiger partial charge in [-0.1, -0.05) is 220 Å². The molecule has 0 aromatic heterocycles. The van der Waals surface area contributed by atoms with Gasteiger partial charge >= 0.3 is 25.7 Å². The molecule has 2 N–H and O–H groups in total. The summed E-state index contributed by atoms with van der Waals surface area (Å²) in [6.45, 7) is 4.37. The van der Waals surface area contributed by atoms with Crippen molar-refractivity contribution in [1.82, 2.24) is 0 Å². The van der Waals surface area contributed by atoms with Gasteiger partial charge < -0.3 is 24.2 Å². The van der Waals surface area contributed by atoms with Crippen LogP contribution in [0, 0.1) is 0 Å². The second kappa shape index (κ2) is 59.3. The van der Waals surface area contributed by atoms with Gasteiger partial charge in [-0.2, -0.15) is 0 Å². The largest absolute Gasteiger partial charge is 0.472 e. The van der Waals surface area contributed by atoms with Gasteiger partial charge in [0.25, 0.3) is 0 Å². The molecule has 78 heavy (non-hydrogen) atoms. The number of phosphoric ester groups is 1. The van der Waals surface area contributed by atoms with Crippen molar-refractivity contribution >= 4 is 25.7 Å². The van der Waals surface area contributed by atoms with Crippen molar-refractivity contribution in [3.05, 3.63) is 109 Å². The summed E-state index contributed by atoms with van der Waals surface area (Å²) in [6, 6.07) is 0. The molecule has 0 radical (unpaired) electrons. The van der Waals surface area contributed by atoms with E-state index in [-0.39, 0.29) is 25.9 Å². The van der Waals surface area contributed by atoms with Crippen LogP contribution in [0.3, 0.4) is 0 Å². The molecule has 12 heteroatoms. The van der Waals surface area contributed by atoms with Crippen LogP contribution in [-0.2, 0) is 42.2 Å². The molecular formula is C66H111O11P. The first-order chi connectivity index (χ1) is 38.2. The van der Waals surface area contributed by atoms with Gasteiger partial charge in [0, 0.05) is 19.3 Å². The van der Waals surface area contributed by atoms with Crippen molar-refractivity contribution in [2.45, 2.75) is 264 Å². The zero-order valence-electron chi connectivity index (χ0n) is 49.3. The number of aliphatic hydroxyl groups excluding tert-OH is 1. The van der Waals surface area contributed by atoms with Crippen molar-refractivity contribution in [2.24, 2.45) is 0 Å². The van der Waals surface area contributed by atoms with E-state index in [0.29, 0.717) is 19.3 Å². The highest BCUT2D eigenvalue weighted by Gasteiger charge is 2.28. The molecule has 0 aliphatic heterocycles. The van der Waals surface area contributed by atoms with Crippen LogP contribution in [0.5, 0.6) is 0 Å². The van der Waals surface area contributed by atoms with Crippen LogP contribution in [0.25, 0.3) is 0 Å². The summed E-state index contributed by atoms with van der Waals surface area (Å²) in [7, 11) is -4.77. The Morgan fingerprint density at radius 2 is 0.667 bits per heavy atom. The second-order valence-corrected chi connectivity index (χ2v) is 21.6. The maximum absolute atomic E-state index is 12.9. The van der Waals surface area contributed by atoms with Crippen LogP contribution >= 0.6 is 7.82 Å². The predicted molar refractivity (Wildman–Crippen MR) is 325 cm³/mol. The maximum Gasteiger partial charge on any atom is 0.472 e. The fraction of sp³-hybridized carbons (Fsp3) is 0.682. The first-order valence-corrected chi connectivity index (χ1v) is 32.3. The zero-order valence-corrected chi connectivity index (χ0v) is 50.2. The van der Waals surface area contributed by atoms with E-state index in [1.807, 2.05) is 0 Å². The van der Waals surface area contributed by atoms with Gasteiger partial charge in [-0.05, 0) is 122 Å². The molecule has 3 unspecified atom stereocenters. The van der Waals surface area contributed by atoms with E-state index in [9.17, 15) is 28.9 Å². The minimum Gasteiger partial charge on any atom is -0.462 e. The van der Waals surface area contributed by atoms with Crippen LogP contribution in [0.1, 0.15) is 252 Å². The number of ether oxygens (including phenoxy) is 3. The summed E-state index contributed by atoms with van der Waals surface area (Å²) in [4.78, 5) is 48.7. The lowest BCUT2D eigenvalue weighted by atomic mass is 10.1. The topological polar surface area (TPSA) is 155 Å². The van der Waals surface area contributed by atoms with E-state index >= 15 is 0 Å².